The highest BCUT2D eigenvalue weighted by Gasteiger charge is 2.20. The Bertz CT molecular complexity index is 357. The number of rotatable bonds is 2. The molecule has 0 saturated carbocycles. The summed E-state index contributed by atoms with van der Waals surface area (Å²) in [4.78, 5) is 11.7. The van der Waals surface area contributed by atoms with Gasteiger partial charge >= 0.3 is 0 Å². The third-order valence-electron chi connectivity index (χ3n) is 2.32. The Kier molecular flexibility index (Phi) is 2.60. The van der Waals surface area contributed by atoms with Crippen LogP contribution in [0.25, 0.3) is 0 Å². The van der Waals surface area contributed by atoms with Gasteiger partial charge in [-0.05, 0) is 22.0 Å². The van der Waals surface area contributed by atoms with E-state index in [0.29, 0.717) is 5.69 Å². The number of halogens is 1. The molecule has 1 fully saturated rings. The number of aryl methyl sites for hydroxylation is 1. The van der Waals surface area contributed by atoms with Crippen molar-refractivity contribution in [2.24, 2.45) is 7.05 Å². The van der Waals surface area contributed by atoms with Gasteiger partial charge in [-0.25, -0.2) is 0 Å². The van der Waals surface area contributed by atoms with Gasteiger partial charge in [-0.15, -0.1) is 0 Å². The van der Waals surface area contributed by atoms with Crippen molar-refractivity contribution in [1.29, 1.82) is 0 Å². The molecular formula is C9H12BrN3O. The first-order valence-corrected chi connectivity index (χ1v) is 5.29. The number of carbonyl (C=O) groups excluding carboxylic acids is 1. The van der Waals surface area contributed by atoms with Gasteiger partial charge in [0.15, 0.2) is 0 Å². The maximum atomic E-state index is 11.7. The standard InChI is InChI=1S/C9H12BrN3O/c1-13-5-6(10)2-8(13)9(14)12-7-3-11-4-7/h2,5,7,11H,3-4H2,1H3,(H,12,14). The molecule has 76 valence electrons. The van der Waals surface area contributed by atoms with Crippen molar-refractivity contribution < 1.29 is 4.79 Å². The zero-order valence-electron chi connectivity index (χ0n) is 7.88. The fourth-order valence-corrected chi connectivity index (χ4v) is 1.92. The van der Waals surface area contributed by atoms with E-state index in [1.165, 1.54) is 0 Å². The Morgan fingerprint density at radius 2 is 2.43 bits per heavy atom. The second kappa shape index (κ2) is 3.74. The van der Waals surface area contributed by atoms with Crippen LogP contribution in [-0.2, 0) is 7.05 Å². The molecule has 0 unspecified atom stereocenters. The smallest absolute Gasteiger partial charge is 0.268 e. The van der Waals surface area contributed by atoms with Crippen molar-refractivity contribution in [3.8, 4) is 0 Å². The molecule has 0 atom stereocenters. The lowest BCUT2D eigenvalue weighted by molar-refractivity contribution is 0.0915. The molecule has 0 aliphatic carbocycles. The number of hydrogen-bond donors (Lipinski definition) is 2. The molecule has 0 spiro atoms. The SMILES string of the molecule is Cn1cc(Br)cc1C(=O)NC1CNC1. The first-order valence-electron chi connectivity index (χ1n) is 4.50. The lowest BCUT2D eigenvalue weighted by Crippen LogP contribution is -2.57. The molecular weight excluding hydrogens is 246 g/mol. The predicted molar refractivity (Wildman–Crippen MR) is 57.2 cm³/mol. The van der Waals surface area contributed by atoms with Crippen molar-refractivity contribution in [2.45, 2.75) is 6.04 Å². The molecule has 4 nitrogen and oxygen atoms in total. The largest absolute Gasteiger partial charge is 0.345 e. The zero-order valence-corrected chi connectivity index (χ0v) is 9.47. The summed E-state index contributed by atoms with van der Waals surface area (Å²) in [7, 11) is 1.86. The van der Waals surface area contributed by atoms with Gasteiger partial charge in [-0.1, -0.05) is 0 Å². The highest BCUT2D eigenvalue weighted by Crippen LogP contribution is 2.13. The molecule has 0 aromatic carbocycles. The highest BCUT2D eigenvalue weighted by atomic mass is 79.9. The van der Waals surface area contributed by atoms with E-state index < -0.39 is 0 Å². The summed E-state index contributed by atoms with van der Waals surface area (Å²) in [5.74, 6) is -0.00954. The molecule has 14 heavy (non-hydrogen) atoms. The summed E-state index contributed by atoms with van der Waals surface area (Å²) in [5.41, 5.74) is 0.684. The first kappa shape index (κ1) is 9.73. The average Bonchev–Trinajstić information content (AvgIpc) is 2.37. The summed E-state index contributed by atoms with van der Waals surface area (Å²) in [5, 5.41) is 6.05. The Morgan fingerprint density at radius 3 is 2.86 bits per heavy atom. The van der Waals surface area contributed by atoms with Gasteiger partial charge in [0, 0.05) is 30.8 Å². The second-order valence-corrected chi connectivity index (χ2v) is 4.40. The topological polar surface area (TPSA) is 46.1 Å². The Balaban J connectivity index is 2.06. The number of nitrogens with one attached hydrogen (secondary N) is 2. The van der Waals surface area contributed by atoms with Crippen LogP contribution < -0.4 is 10.6 Å². The maximum absolute atomic E-state index is 11.7. The summed E-state index contributed by atoms with van der Waals surface area (Å²) >= 11 is 3.34. The fraction of sp³-hybridized carbons (Fsp3) is 0.444. The number of nitrogens with zero attached hydrogens (tertiary/aromatic N) is 1. The fourth-order valence-electron chi connectivity index (χ4n) is 1.40. The first-order chi connectivity index (χ1) is 6.66. The number of hydrogen-bond acceptors (Lipinski definition) is 2. The second-order valence-electron chi connectivity index (χ2n) is 3.48. The maximum Gasteiger partial charge on any atom is 0.268 e. The molecule has 1 saturated heterocycles. The van der Waals surface area contributed by atoms with Gasteiger partial charge < -0.3 is 15.2 Å². The number of amides is 1. The lowest BCUT2D eigenvalue weighted by atomic mass is 10.2. The number of aromatic nitrogens is 1. The summed E-state index contributed by atoms with van der Waals surface area (Å²) in [6.45, 7) is 1.74. The minimum absolute atomic E-state index is 0.00954. The third-order valence-corrected chi connectivity index (χ3v) is 2.75. The van der Waals surface area contributed by atoms with E-state index in [2.05, 4.69) is 26.6 Å². The van der Waals surface area contributed by atoms with Gasteiger partial charge in [-0.3, -0.25) is 4.79 Å². The summed E-state index contributed by atoms with van der Waals surface area (Å²) < 4.78 is 2.74. The van der Waals surface area contributed by atoms with Crippen LogP contribution in [0.5, 0.6) is 0 Å². The van der Waals surface area contributed by atoms with Crippen molar-refractivity contribution in [3.05, 3.63) is 22.4 Å². The monoisotopic (exact) mass is 257 g/mol. The highest BCUT2D eigenvalue weighted by molar-refractivity contribution is 9.10. The van der Waals surface area contributed by atoms with E-state index in [1.54, 1.807) is 0 Å². The molecule has 1 aliphatic rings. The van der Waals surface area contributed by atoms with Gasteiger partial charge in [0.25, 0.3) is 5.91 Å². The van der Waals surface area contributed by atoms with Crippen LogP contribution in [-0.4, -0.2) is 29.6 Å². The average molecular weight is 258 g/mol. The minimum Gasteiger partial charge on any atom is -0.345 e. The van der Waals surface area contributed by atoms with Crippen LogP contribution in [0.1, 0.15) is 10.5 Å². The van der Waals surface area contributed by atoms with Crippen molar-refractivity contribution in [3.63, 3.8) is 0 Å². The van der Waals surface area contributed by atoms with Crippen LogP contribution in [0.3, 0.4) is 0 Å². The van der Waals surface area contributed by atoms with Crippen LogP contribution in [0.2, 0.25) is 0 Å². The Hall–Kier alpha value is -0.810. The van der Waals surface area contributed by atoms with Crippen LogP contribution >= 0.6 is 15.9 Å². The Labute approximate surface area is 90.8 Å². The summed E-state index contributed by atoms with van der Waals surface area (Å²) in [6, 6.07) is 2.11. The van der Waals surface area contributed by atoms with Crippen LogP contribution in [0, 0.1) is 0 Å². The van der Waals surface area contributed by atoms with E-state index in [0.717, 1.165) is 17.6 Å². The van der Waals surface area contributed by atoms with E-state index in [4.69, 9.17) is 0 Å². The van der Waals surface area contributed by atoms with E-state index >= 15 is 0 Å². The minimum atomic E-state index is -0.00954. The van der Waals surface area contributed by atoms with Crippen LogP contribution in [0.15, 0.2) is 16.7 Å². The molecule has 1 amide bonds. The zero-order chi connectivity index (χ0) is 10.1. The van der Waals surface area contributed by atoms with E-state index in [1.807, 2.05) is 23.9 Å². The molecule has 2 heterocycles. The third kappa shape index (κ3) is 1.83. The molecule has 1 aromatic heterocycles. The van der Waals surface area contributed by atoms with Gasteiger partial charge in [0.1, 0.15) is 5.69 Å². The molecule has 5 heteroatoms. The molecule has 1 aliphatic heterocycles. The lowest BCUT2D eigenvalue weighted by Gasteiger charge is -2.27. The van der Waals surface area contributed by atoms with Crippen molar-refractivity contribution in [2.75, 3.05) is 13.1 Å². The predicted octanol–water partition coefficient (Wildman–Crippen LogP) is 0.489. The quantitative estimate of drug-likeness (QED) is 0.811. The van der Waals surface area contributed by atoms with E-state index in [-0.39, 0.29) is 11.9 Å². The summed E-state index contributed by atoms with van der Waals surface area (Å²) in [6.07, 6.45) is 1.87. The van der Waals surface area contributed by atoms with E-state index in [9.17, 15) is 4.79 Å². The van der Waals surface area contributed by atoms with Crippen molar-refractivity contribution >= 4 is 21.8 Å². The van der Waals surface area contributed by atoms with Gasteiger partial charge in [0.2, 0.25) is 0 Å². The molecule has 1 aromatic rings. The molecule has 2 N–H and O–H groups in total. The van der Waals surface area contributed by atoms with Crippen LogP contribution in [0.4, 0.5) is 0 Å². The van der Waals surface area contributed by atoms with Gasteiger partial charge in [-0.2, -0.15) is 0 Å². The molecule has 2 rings (SSSR count). The normalized spacial score (nSPS) is 16.4. The molecule has 0 radical (unpaired) electrons. The van der Waals surface area contributed by atoms with Gasteiger partial charge in [0.05, 0.1) is 6.04 Å². The Morgan fingerprint density at radius 1 is 1.71 bits per heavy atom. The number of carbonyl (C=O) groups is 1. The van der Waals surface area contributed by atoms with Crippen molar-refractivity contribution in [1.82, 2.24) is 15.2 Å². The molecule has 0 bridgehead atoms.